The molecule has 0 heterocycles. The van der Waals surface area contributed by atoms with Crippen LogP contribution in [0.4, 0.5) is 0 Å². The van der Waals surface area contributed by atoms with Crippen LogP contribution in [0.15, 0.2) is 30.3 Å². The van der Waals surface area contributed by atoms with Crippen molar-refractivity contribution in [2.45, 2.75) is 84.7 Å². The molecule has 5 N–H and O–H groups in total. The highest BCUT2D eigenvalue weighted by Crippen LogP contribution is 2.20. The third kappa shape index (κ3) is 10.5. The zero-order valence-electron chi connectivity index (χ0n) is 21.6. The fraction of sp³-hybridized carbons (Fsp3) is 0.615. The van der Waals surface area contributed by atoms with Crippen molar-refractivity contribution in [1.29, 1.82) is 0 Å². The van der Waals surface area contributed by atoms with E-state index in [1.807, 2.05) is 26.8 Å². The molecule has 0 aliphatic heterocycles. The van der Waals surface area contributed by atoms with Crippen LogP contribution in [0.3, 0.4) is 0 Å². The molecule has 1 rings (SSSR count). The highest BCUT2D eigenvalue weighted by Gasteiger charge is 2.35. The third-order valence-electron chi connectivity index (χ3n) is 5.92. The van der Waals surface area contributed by atoms with Crippen LogP contribution in [0.25, 0.3) is 0 Å². The zero-order valence-corrected chi connectivity index (χ0v) is 21.6. The predicted octanol–water partition coefficient (Wildman–Crippen LogP) is 2.47. The van der Waals surface area contributed by atoms with Gasteiger partial charge in [0, 0.05) is 7.05 Å². The van der Waals surface area contributed by atoms with Crippen molar-refractivity contribution < 1.29 is 24.4 Å². The molecule has 0 aliphatic carbocycles. The number of carbonyl (C=O) groups is 4. The van der Waals surface area contributed by atoms with Crippen LogP contribution in [0.2, 0.25) is 0 Å². The van der Waals surface area contributed by atoms with E-state index >= 15 is 0 Å². The number of hydrogen-bond acceptors (Lipinski definition) is 5. The van der Waals surface area contributed by atoms with Crippen molar-refractivity contribution in [3.05, 3.63) is 35.9 Å². The Morgan fingerprint density at radius 1 is 0.857 bits per heavy atom. The van der Waals surface area contributed by atoms with Gasteiger partial charge in [-0.2, -0.15) is 0 Å². The Labute approximate surface area is 208 Å². The molecule has 0 bridgehead atoms. The Morgan fingerprint density at radius 3 is 2.03 bits per heavy atom. The van der Waals surface area contributed by atoms with Crippen LogP contribution >= 0.6 is 0 Å². The number of rotatable bonds is 14. The quantitative estimate of drug-likeness (QED) is 0.118. The maximum Gasteiger partial charge on any atom is 0.256 e. The van der Waals surface area contributed by atoms with Gasteiger partial charge in [-0.25, -0.2) is 5.48 Å². The molecule has 1 aromatic carbocycles. The molecule has 0 aliphatic rings. The molecule has 1 aromatic rings. The first kappa shape index (κ1) is 30.1. The predicted molar refractivity (Wildman–Crippen MR) is 134 cm³/mol. The summed E-state index contributed by atoms with van der Waals surface area (Å²) in [5.74, 6) is -3.57. The van der Waals surface area contributed by atoms with E-state index in [1.165, 1.54) is 7.05 Å². The first-order valence-corrected chi connectivity index (χ1v) is 12.3. The molecule has 3 unspecified atom stereocenters. The minimum Gasteiger partial charge on any atom is -0.357 e. The van der Waals surface area contributed by atoms with Gasteiger partial charge in [0.15, 0.2) is 0 Å². The molecule has 0 fully saturated rings. The molecule has 9 nitrogen and oxygen atoms in total. The van der Waals surface area contributed by atoms with Crippen molar-refractivity contribution in [3.8, 4) is 0 Å². The average molecular weight is 491 g/mol. The SMILES string of the molecule is CCCCCCCC(NC(=O)C(Cc1ccccc1)C(=O)NO)C(=O)NC(C(=O)NC)C(C)(C)C. The molecule has 9 heteroatoms. The molecule has 4 amide bonds. The summed E-state index contributed by atoms with van der Waals surface area (Å²) in [7, 11) is 1.50. The molecular weight excluding hydrogens is 448 g/mol. The van der Waals surface area contributed by atoms with Crippen LogP contribution in [-0.4, -0.2) is 48.0 Å². The summed E-state index contributed by atoms with van der Waals surface area (Å²) in [5.41, 5.74) is 1.74. The van der Waals surface area contributed by atoms with Gasteiger partial charge in [-0.15, -0.1) is 0 Å². The maximum atomic E-state index is 13.2. The number of unbranched alkanes of at least 4 members (excludes halogenated alkanes) is 4. The van der Waals surface area contributed by atoms with Crippen molar-refractivity contribution in [1.82, 2.24) is 21.4 Å². The summed E-state index contributed by atoms with van der Waals surface area (Å²) < 4.78 is 0. The monoisotopic (exact) mass is 490 g/mol. The summed E-state index contributed by atoms with van der Waals surface area (Å²) in [6.45, 7) is 7.63. The van der Waals surface area contributed by atoms with Crippen LogP contribution in [-0.2, 0) is 25.6 Å². The number of carbonyl (C=O) groups excluding carboxylic acids is 4. The normalized spacial score (nSPS) is 13.8. The standard InChI is InChI=1S/C26H42N4O5/c1-6-7-8-9-13-16-20(24(33)29-21(25(34)27-5)26(2,3)4)28-22(31)19(23(32)30-35)17-18-14-11-10-12-15-18/h10-12,14-15,19-21,35H,6-9,13,16-17H2,1-5H3,(H,27,34)(H,28,31)(H,29,33)(H,30,32). The maximum absolute atomic E-state index is 13.2. The van der Waals surface area contributed by atoms with Crippen LogP contribution < -0.4 is 21.4 Å². The Kier molecular flexibility index (Phi) is 13.0. The summed E-state index contributed by atoms with van der Waals surface area (Å²) >= 11 is 0. The third-order valence-corrected chi connectivity index (χ3v) is 5.92. The van der Waals surface area contributed by atoms with E-state index in [0.717, 1.165) is 31.2 Å². The number of benzene rings is 1. The van der Waals surface area contributed by atoms with Gasteiger partial charge in [-0.05, 0) is 23.8 Å². The molecule has 35 heavy (non-hydrogen) atoms. The summed E-state index contributed by atoms with van der Waals surface area (Å²) in [6.07, 6.45) is 5.21. The van der Waals surface area contributed by atoms with E-state index in [9.17, 15) is 24.4 Å². The van der Waals surface area contributed by atoms with Crippen molar-refractivity contribution in [3.63, 3.8) is 0 Å². The van der Waals surface area contributed by atoms with Gasteiger partial charge in [0.2, 0.25) is 17.7 Å². The second kappa shape index (κ2) is 15.1. The molecule has 196 valence electrons. The van der Waals surface area contributed by atoms with Gasteiger partial charge in [-0.1, -0.05) is 90.1 Å². The summed E-state index contributed by atoms with van der Waals surface area (Å²) in [5, 5.41) is 17.2. The first-order valence-electron chi connectivity index (χ1n) is 12.3. The molecule has 0 saturated heterocycles. The smallest absolute Gasteiger partial charge is 0.256 e. The molecule has 0 radical (unpaired) electrons. The Hall–Kier alpha value is -2.94. The Morgan fingerprint density at radius 2 is 1.49 bits per heavy atom. The lowest BCUT2D eigenvalue weighted by atomic mass is 9.85. The van der Waals surface area contributed by atoms with E-state index in [-0.39, 0.29) is 12.3 Å². The fourth-order valence-corrected chi connectivity index (χ4v) is 3.79. The van der Waals surface area contributed by atoms with Gasteiger partial charge in [0.05, 0.1) is 0 Å². The second-order valence-corrected chi connectivity index (χ2v) is 9.90. The Bertz CT molecular complexity index is 823. The Balaban J connectivity index is 3.07. The van der Waals surface area contributed by atoms with Crippen molar-refractivity contribution >= 4 is 23.6 Å². The lowest BCUT2D eigenvalue weighted by Crippen LogP contribution is -2.58. The van der Waals surface area contributed by atoms with E-state index in [4.69, 9.17) is 0 Å². The topological polar surface area (TPSA) is 137 Å². The number of nitrogens with one attached hydrogen (secondary N) is 4. The second-order valence-electron chi connectivity index (χ2n) is 9.90. The summed E-state index contributed by atoms with van der Waals surface area (Å²) in [4.78, 5) is 51.1. The lowest BCUT2D eigenvalue weighted by molar-refractivity contribution is -0.142. The van der Waals surface area contributed by atoms with E-state index in [2.05, 4.69) is 22.9 Å². The van der Waals surface area contributed by atoms with Gasteiger partial charge in [0.1, 0.15) is 18.0 Å². The molecule has 0 aromatic heterocycles. The average Bonchev–Trinajstić information content (AvgIpc) is 2.83. The highest BCUT2D eigenvalue weighted by molar-refractivity contribution is 6.02. The van der Waals surface area contributed by atoms with Gasteiger partial charge >= 0.3 is 0 Å². The number of hydrogen-bond donors (Lipinski definition) is 5. The van der Waals surface area contributed by atoms with Crippen LogP contribution in [0, 0.1) is 11.3 Å². The van der Waals surface area contributed by atoms with Gasteiger partial charge in [0.25, 0.3) is 5.91 Å². The molecule has 3 atom stereocenters. The number of amides is 4. The summed E-state index contributed by atoms with van der Waals surface area (Å²) in [6, 6.07) is 7.23. The van der Waals surface area contributed by atoms with Gasteiger partial charge in [-0.3, -0.25) is 24.4 Å². The largest absolute Gasteiger partial charge is 0.357 e. The molecular formula is C26H42N4O5. The highest BCUT2D eigenvalue weighted by atomic mass is 16.5. The van der Waals surface area contributed by atoms with Crippen molar-refractivity contribution in [2.75, 3.05) is 7.05 Å². The van der Waals surface area contributed by atoms with Crippen molar-refractivity contribution in [2.24, 2.45) is 11.3 Å². The molecule has 0 saturated carbocycles. The minimum atomic E-state index is -1.23. The molecule has 0 spiro atoms. The van der Waals surface area contributed by atoms with Crippen LogP contribution in [0.1, 0.15) is 71.8 Å². The lowest BCUT2D eigenvalue weighted by Gasteiger charge is -2.31. The number of hydroxylamine groups is 1. The van der Waals surface area contributed by atoms with E-state index in [1.54, 1.807) is 29.7 Å². The zero-order chi connectivity index (χ0) is 26.4. The van der Waals surface area contributed by atoms with Gasteiger partial charge < -0.3 is 16.0 Å². The number of likely N-dealkylation sites (N-methyl/N-ethyl adjacent to an activating group) is 1. The van der Waals surface area contributed by atoms with E-state index in [0.29, 0.717) is 12.8 Å². The van der Waals surface area contributed by atoms with E-state index < -0.39 is 41.1 Å². The minimum absolute atomic E-state index is 0.0623. The first-order chi connectivity index (χ1) is 16.5. The van der Waals surface area contributed by atoms with Crippen LogP contribution in [0.5, 0.6) is 0 Å². The fourth-order valence-electron chi connectivity index (χ4n) is 3.79.